The van der Waals surface area contributed by atoms with Gasteiger partial charge in [-0.1, -0.05) is 18.2 Å². The van der Waals surface area contributed by atoms with Crippen LogP contribution in [0.15, 0.2) is 48.5 Å². The number of ether oxygens (including phenoxy) is 1. The molecule has 30 heavy (non-hydrogen) atoms. The third-order valence-corrected chi connectivity index (χ3v) is 6.05. The molecule has 2 aliphatic rings. The zero-order chi connectivity index (χ0) is 20.9. The second-order valence-electron chi connectivity index (χ2n) is 8.08. The number of hydrogen-bond donors (Lipinski definition) is 1. The number of likely N-dealkylation sites (tertiary alicyclic amines) is 2. The highest BCUT2D eigenvalue weighted by Crippen LogP contribution is 2.24. The monoisotopic (exact) mass is 408 g/mol. The molecule has 0 radical (unpaired) electrons. The van der Waals surface area contributed by atoms with E-state index >= 15 is 0 Å². The first-order chi connectivity index (χ1) is 14.6. The van der Waals surface area contributed by atoms with Gasteiger partial charge in [-0.15, -0.1) is 0 Å². The Morgan fingerprint density at radius 3 is 2.43 bits per heavy atom. The summed E-state index contributed by atoms with van der Waals surface area (Å²) in [5.41, 5.74) is 1.52. The van der Waals surface area contributed by atoms with E-state index in [1.165, 1.54) is 12.8 Å². The van der Waals surface area contributed by atoms with Crippen molar-refractivity contribution in [2.24, 2.45) is 0 Å². The zero-order valence-corrected chi connectivity index (χ0v) is 17.1. The zero-order valence-electron chi connectivity index (χ0n) is 17.1. The Kier molecular flexibility index (Phi) is 6.33. The molecule has 2 saturated heterocycles. The number of rotatable bonds is 7. The van der Waals surface area contributed by atoms with Gasteiger partial charge in [0.1, 0.15) is 12.4 Å². The third kappa shape index (κ3) is 4.65. The summed E-state index contributed by atoms with van der Waals surface area (Å²) in [4.78, 5) is 28.9. The summed E-state index contributed by atoms with van der Waals surface area (Å²) in [5.74, 6) is -0.273. The van der Waals surface area contributed by atoms with Crippen LogP contribution in [0.4, 0.5) is 0 Å². The van der Waals surface area contributed by atoms with E-state index in [0.717, 1.165) is 39.0 Å². The van der Waals surface area contributed by atoms with Crippen LogP contribution >= 0.6 is 0 Å². The first kappa shape index (κ1) is 20.4. The highest BCUT2D eigenvalue weighted by atomic mass is 16.5. The second kappa shape index (κ2) is 9.30. The predicted octanol–water partition coefficient (Wildman–Crippen LogP) is 3.66. The number of hydrogen-bond acceptors (Lipinski definition) is 4. The quantitative estimate of drug-likeness (QED) is 0.757. The topological polar surface area (TPSA) is 70.1 Å². The van der Waals surface area contributed by atoms with E-state index in [9.17, 15) is 14.7 Å². The molecule has 1 N–H and O–H groups in total. The molecule has 2 fully saturated rings. The van der Waals surface area contributed by atoms with E-state index < -0.39 is 5.97 Å². The Labute approximate surface area is 177 Å². The molecule has 2 aromatic carbocycles. The largest absolute Gasteiger partial charge is 0.489 e. The summed E-state index contributed by atoms with van der Waals surface area (Å²) in [6, 6.07) is 14.3. The summed E-state index contributed by atoms with van der Waals surface area (Å²) in [5, 5.41) is 9.27. The van der Waals surface area contributed by atoms with E-state index in [0.29, 0.717) is 22.9 Å². The van der Waals surface area contributed by atoms with Crippen molar-refractivity contribution in [1.29, 1.82) is 0 Å². The number of benzene rings is 2. The van der Waals surface area contributed by atoms with Gasteiger partial charge in [0, 0.05) is 30.3 Å². The van der Waals surface area contributed by atoms with Gasteiger partial charge in [-0.25, -0.2) is 4.79 Å². The summed E-state index contributed by atoms with van der Waals surface area (Å²) < 4.78 is 5.76. The van der Waals surface area contributed by atoms with Crippen molar-refractivity contribution in [2.45, 2.75) is 38.3 Å². The summed E-state index contributed by atoms with van der Waals surface area (Å²) in [7, 11) is 0. The maximum absolute atomic E-state index is 13.0. The smallest absolute Gasteiger partial charge is 0.336 e. The molecule has 1 atom stereocenters. The lowest BCUT2D eigenvalue weighted by Crippen LogP contribution is -2.42. The Morgan fingerprint density at radius 2 is 1.70 bits per heavy atom. The molecule has 0 spiro atoms. The van der Waals surface area contributed by atoms with Gasteiger partial charge >= 0.3 is 5.97 Å². The fourth-order valence-electron chi connectivity index (χ4n) is 4.43. The highest BCUT2D eigenvalue weighted by Gasteiger charge is 2.31. The summed E-state index contributed by atoms with van der Waals surface area (Å²) in [6.07, 6.45) is 4.67. The molecule has 0 aliphatic carbocycles. The average molecular weight is 408 g/mol. The summed E-state index contributed by atoms with van der Waals surface area (Å²) >= 11 is 0. The first-order valence-electron chi connectivity index (χ1n) is 10.7. The molecule has 0 bridgehead atoms. The standard InChI is InChI=1S/C24H28N2O4/c27-23(26-15-5-7-20(26)16-25-13-3-4-14-25)18-9-11-21(12-10-18)30-17-19-6-1-2-8-22(19)24(28)29/h1-2,6,8-12,20H,3-5,7,13-17H2,(H,28,29)/t20-/m0/s1. The lowest BCUT2D eigenvalue weighted by Gasteiger charge is -2.28. The number of nitrogens with zero attached hydrogens (tertiary/aromatic N) is 2. The first-order valence-corrected chi connectivity index (χ1v) is 10.7. The molecule has 0 aromatic heterocycles. The molecule has 2 heterocycles. The molecule has 2 aromatic rings. The molecule has 0 unspecified atom stereocenters. The van der Waals surface area contributed by atoms with Crippen molar-refractivity contribution in [3.63, 3.8) is 0 Å². The second-order valence-corrected chi connectivity index (χ2v) is 8.08. The van der Waals surface area contributed by atoms with Gasteiger partial charge in [-0.3, -0.25) is 4.79 Å². The van der Waals surface area contributed by atoms with Gasteiger partial charge in [0.05, 0.1) is 5.56 Å². The molecule has 4 rings (SSSR count). The van der Waals surface area contributed by atoms with Crippen molar-refractivity contribution in [2.75, 3.05) is 26.2 Å². The number of amides is 1. The van der Waals surface area contributed by atoms with Crippen LogP contribution in [-0.4, -0.2) is 59.0 Å². The molecular weight excluding hydrogens is 380 g/mol. The highest BCUT2D eigenvalue weighted by molar-refractivity contribution is 5.94. The predicted molar refractivity (Wildman–Crippen MR) is 114 cm³/mol. The van der Waals surface area contributed by atoms with E-state index in [-0.39, 0.29) is 18.1 Å². The number of carbonyl (C=O) groups excluding carboxylic acids is 1. The van der Waals surface area contributed by atoms with Gasteiger partial charge in [0.2, 0.25) is 0 Å². The van der Waals surface area contributed by atoms with Crippen LogP contribution in [0.5, 0.6) is 5.75 Å². The number of carboxylic acids is 1. The Bertz CT molecular complexity index is 890. The Morgan fingerprint density at radius 1 is 0.967 bits per heavy atom. The van der Waals surface area contributed by atoms with Crippen molar-refractivity contribution < 1.29 is 19.4 Å². The Balaban J connectivity index is 1.37. The van der Waals surface area contributed by atoms with Gasteiger partial charge in [-0.05, 0) is 69.1 Å². The maximum Gasteiger partial charge on any atom is 0.336 e. The Hall–Kier alpha value is -2.86. The lowest BCUT2D eigenvalue weighted by molar-refractivity contribution is 0.0689. The van der Waals surface area contributed by atoms with Crippen molar-refractivity contribution in [3.8, 4) is 5.75 Å². The van der Waals surface area contributed by atoms with Crippen molar-refractivity contribution >= 4 is 11.9 Å². The van der Waals surface area contributed by atoms with Crippen LogP contribution in [0.3, 0.4) is 0 Å². The van der Waals surface area contributed by atoms with E-state index in [2.05, 4.69) is 4.90 Å². The van der Waals surface area contributed by atoms with Crippen molar-refractivity contribution in [1.82, 2.24) is 9.80 Å². The van der Waals surface area contributed by atoms with Crippen molar-refractivity contribution in [3.05, 3.63) is 65.2 Å². The van der Waals surface area contributed by atoms with Gasteiger partial charge in [0.15, 0.2) is 0 Å². The van der Waals surface area contributed by atoms with Crippen LogP contribution < -0.4 is 4.74 Å². The maximum atomic E-state index is 13.0. The number of aromatic carboxylic acids is 1. The van der Waals surface area contributed by atoms with E-state index in [1.807, 2.05) is 4.90 Å². The van der Waals surface area contributed by atoms with E-state index in [4.69, 9.17) is 4.74 Å². The van der Waals surface area contributed by atoms with E-state index in [1.54, 1.807) is 48.5 Å². The minimum atomic E-state index is -0.968. The summed E-state index contributed by atoms with van der Waals surface area (Å²) in [6.45, 7) is 4.27. The van der Waals surface area contributed by atoms with Crippen LogP contribution in [0.2, 0.25) is 0 Å². The SMILES string of the molecule is O=C(O)c1ccccc1COc1ccc(C(=O)N2CCC[C@H]2CN2CCCC2)cc1. The van der Waals surface area contributed by atoms with Gasteiger partial charge in [-0.2, -0.15) is 0 Å². The van der Waals surface area contributed by atoms with Gasteiger partial charge < -0.3 is 19.6 Å². The molecule has 6 heteroatoms. The molecular formula is C24H28N2O4. The molecule has 2 aliphatic heterocycles. The molecule has 0 saturated carbocycles. The molecule has 1 amide bonds. The minimum Gasteiger partial charge on any atom is -0.489 e. The fourth-order valence-corrected chi connectivity index (χ4v) is 4.43. The van der Waals surface area contributed by atoms with Crippen LogP contribution in [0.25, 0.3) is 0 Å². The number of carbonyl (C=O) groups is 2. The van der Waals surface area contributed by atoms with Gasteiger partial charge in [0.25, 0.3) is 5.91 Å². The normalized spacial score (nSPS) is 19.2. The van der Waals surface area contributed by atoms with Crippen LogP contribution in [0.1, 0.15) is 52.0 Å². The molecule has 6 nitrogen and oxygen atoms in total. The fraction of sp³-hybridized carbons (Fsp3) is 0.417. The lowest BCUT2D eigenvalue weighted by atomic mass is 10.1. The van der Waals surface area contributed by atoms with Crippen LogP contribution in [-0.2, 0) is 6.61 Å². The average Bonchev–Trinajstić information content (AvgIpc) is 3.45. The minimum absolute atomic E-state index is 0.0828. The number of carboxylic acid groups (broad SMARTS) is 1. The van der Waals surface area contributed by atoms with Crippen LogP contribution in [0, 0.1) is 0 Å². The third-order valence-electron chi connectivity index (χ3n) is 6.05. The molecule has 158 valence electrons.